The Hall–Kier alpha value is -1.71. The summed E-state index contributed by atoms with van der Waals surface area (Å²) < 4.78 is 5.31. The van der Waals surface area contributed by atoms with Gasteiger partial charge in [0.1, 0.15) is 5.60 Å². The maximum Gasteiger partial charge on any atom is 0.408 e. The number of para-hydroxylation sites is 1. The molecule has 0 bridgehead atoms. The highest BCUT2D eigenvalue weighted by Crippen LogP contribution is 2.34. The molecule has 4 heteroatoms. The van der Waals surface area contributed by atoms with Crippen molar-refractivity contribution in [3.8, 4) is 0 Å². The van der Waals surface area contributed by atoms with Gasteiger partial charge in [-0.2, -0.15) is 0 Å². The molecule has 1 aliphatic heterocycles. The molecule has 1 aromatic rings. The molecule has 1 heterocycles. The van der Waals surface area contributed by atoms with E-state index in [1.807, 2.05) is 31.2 Å². The summed E-state index contributed by atoms with van der Waals surface area (Å²) in [5.74, 6) is 0. The van der Waals surface area contributed by atoms with Crippen LogP contribution < -0.4 is 11.1 Å². The summed E-state index contributed by atoms with van der Waals surface area (Å²) in [5, 5.41) is 2.62. The van der Waals surface area contributed by atoms with Crippen LogP contribution in [0, 0.1) is 0 Å². The molecule has 15 heavy (non-hydrogen) atoms. The lowest BCUT2D eigenvalue weighted by atomic mass is 9.90. The number of carbonyl (C=O) groups is 1. The van der Waals surface area contributed by atoms with Crippen molar-refractivity contribution in [1.82, 2.24) is 5.32 Å². The van der Waals surface area contributed by atoms with E-state index in [0.29, 0.717) is 12.2 Å². The van der Waals surface area contributed by atoms with Crippen molar-refractivity contribution in [3.05, 3.63) is 29.8 Å². The minimum Gasteiger partial charge on any atom is -0.438 e. The molecule has 80 valence electrons. The van der Waals surface area contributed by atoms with Crippen LogP contribution in [0.4, 0.5) is 10.5 Å². The molecule has 0 saturated carbocycles. The van der Waals surface area contributed by atoms with Crippen molar-refractivity contribution in [2.45, 2.75) is 18.9 Å². The maximum absolute atomic E-state index is 11.2. The fourth-order valence-corrected chi connectivity index (χ4v) is 1.86. The predicted molar refractivity (Wildman–Crippen MR) is 57.3 cm³/mol. The van der Waals surface area contributed by atoms with E-state index in [9.17, 15) is 4.79 Å². The van der Waals surface area contributed by atoms with Crippen LogP contribution >= 0.6 is 0 Å². The van der Waals surface area contributed by atoms with Crippen molar-refractivity contribution in [3.63, 3.8) is 0 Å². The summed E-state index contributed by atoms with van der Waals surface area (Å²) in [7, 11) is 0. The number of hydrogen-bond acceptors (Lipinski definition) is 3. The van der Waals surface area contributed by atoms with Gasteiger partial charge in [-0.15, -0.1) is 0 Å². The van der Waals surface area contributed by atoms with Gasteiger partial charge in [0.2, 0.25) is 0 Å². The number of nitrogens with two attached hydrogens (primary N) is 1. The number of cyclic esters (lactones) is 1. The molecule has 0 aromatic heterocycles. The van der Waals surface area contributed by atoms with Crippen molar-refractivity contribution >= 4 is 11.8 Å². The zero-order valence-electron chi connectivity index (χ0n) is 8.62. The molecule has 1 amide bonds. The van der Waals surface area contributed by atoms with E-state index in [2.05, 4.69) is 5.32 Å². The Morgan fingerprint density at radius 2 is 2.20 bits per heavy atom. The van der Waals surface area contributed by atoms with Gasteiger partial charge in [-0.3, -0.25) is 0 Å². The predicted octanol–water partition coefficient (Wildman–Crippen LogP) is 1.61. The normalized spacial score (nSPS) is 25.5. The second kappa shape index (κ2) is 3.46. The number of carbonyl (C=O) groups excluding carboxylic acids is 1. The third kappa shape index (κ3) is 1.75. The fraction of sp³-hybridized carbons (Fsp3) is 0.364. The molecule has 1 unspecified atom stereocenters. The molecule has 1 atom stereocenters. The second-order valence-corrected chi connectivity index (χ2v) is 3.88. The summed E-state index contributed by atoms with van der Waals surface area (Å²) in [6.07, 6.45) is 0.347. The molecular weight excluding hydrogens is 192 g/mol. The zero-order valence-corrected chi connectivity index (χ0v) is 8.62. The SMILES string of the molecule is CC1(c2ccccc2N)CCNC(=O)O1. The average molecular weight is 206 g/mol. The van der Waals surface area contributed by atoms with E-state index in [0.717, 1.165) is 12.0 Å². The number of anilines is 1. The summed E-state index contributed by atoms with van der Waals surface area (Å²) >= 11 is 0. The Kier molecular flexibility index (Phi) is 2.26. The van der Waals surface area contributed by atoms with Crippen LogP contribution in [0.25, 0.3) is 0 Å². The van der Waals surface area contributed by atoms with Gasteiger partial charge in [-0.1, -0.05) is 18.2 Å². The van der Waals surface area contributed by atoms with Crippen LogP contribution in [0.2, 0.25) is 0 Å². The first-order valence-electron chi connectivity index (χ1n) is 4.94. The van der Waals surface area contributed by atoms with Crippen LogP contribution in [0.5, 0.6) is 0 Å². The van der Waals surface area contributed by atoms with Crippen LogP contribution in [-0.2, 0) is 10.3 Å². The highest BCUT2D eigenvalue weighted by molar-refractivity contribution is 5.69. The van der Waals surface area contributed by atoms with Gasteiger partial charge in [-0.25, -0.2) is 4.79 Å². The molecule has 0 spiro atoms. The summed E-state index contributed by atoms with van der Waals surface area (Å²) in [5.41, 5.74) is 6.80. The Morgan fingerprint density at radius 3 is 2.87 bits per heavy atom. The quantitative estimate of drug-likeness (QED) is 0.686. The van der Waals surface area contributed by atoms with Gasteiger partial charge in [0, 0.05) is 24.2 Å². The Bertz CT molecular complexity index is 392. The number of ether oxygens (including phenoxy) is 1. The van der Waals surface area contributed by atoms with Crippen molar-refractivity contribution in [2.24, 2.45) is 0 Å². The number of alkyl carbamates (subject to hydrolysis) is 1. The molecule has 2 rings (SSSR count). The van der Waals surface area contributed by atoms with Crippen molar-refractivity contribution in [1.29, 1.82) is 0 Å². The van der Waals surface area contributed by atoms with Gasteiger partial charge < -0.3 is 15.8 Å². The van der Waals surface area contributed by atoms with E-state index < -0.39 is 5.60 Å². The topological polar surface area (TPSA) is 64.3 Å². The van der Waals surface area contributed by atoms with Crippen LogP contribution in [0.3, 0.4) is 0 Å². The number of rotatable bonds is 1. The lowest BCUT2D eigenvalue weighted by Crippen LogP contribution is -2.43. The van der Waals surface area contributed by atoms with E-state index >= 15 is 0 Å². The molecule has 4 nitrogen and oxygen atoms in total. The van der Waals surface area contributed by atoms with Crippen LogP contribution in [-0.4, -0.2) is 12.6 Å². The third-order valence-corrected chi connectivity index (χ3v) is 2.72. The molecule has 1 aromatic carbocycles. The molecule has 1 aliphatic rings. The molecule has 0 aliphatic carbocycles. The summed E-state index contributed by atoms with van der Waals surface area (Å²) in [4.78, 5) is 11.2. The lowest BCUT2D eigenvalue weighted by molar-refractivity contribution is -0.00218. The number of hydrogen-bond donors (Lipinski definition) is 2. The summed E-state index contributed by atoms with van der Waals surface area (Å²) in [6.45, 7) is 2.50. The average Bonchev–Trinajstić information content (AvgIpc) is 2.17. The first-order chi connectivity index (χ1) is 7.12. The monoisotopic (exact) mass is 206 g/mol. The van der Waals surface area contributed by atoms with E-state index in [-0.39, 0.29) is 6.09 Å². The van der Waals surface area contributed by atoms with Crippen LogP contribution in [0.1, 0.15) is 18.9 Å². The van der Waals surface area contributed by atoms with Gasteiger partial charge in [0.15, 0.2) is 0 Å². The smallest absolute Gasteiger partial charge is 0.408 e. The minimum atomic E-state index is -0.603. The number of nitrogens with one attached hydrogen (secondary N) is 1. The second-order valence-electron chi connectivity index (χ2n) is 3.88. The molecule has 0 radical (unpaired) electrons. The van der Waals surface area contributed by atoms with Crippen molar-refractivity contribution in [2.75, 3.05) is 12.3 Å². The van der Waals surface area contributed by atoms with Crippen LogP contribution in [0.15, 0.2) is 24.3 Å². The van der Waals surface area contributed by atoms with Gasteiger partial charge >= 0.3 is 6.09 Å². The number of nitrogen functional groups attached to an aromatic ring is 1. The van der Waals surface area contributed by atoms with E-state index in [1.54, 1.807) is 0 Å². The molecule has 1 fully saturated rings. The first-order valence-corrected chi connectivity index (χ1v) is 4.94. The third-order valence-electron chi connectivity index (χ3n) is 2.72. The fourth-order valence-electron chi connectivity index (χ4n) is 1.86. The van der Waals surface area contributed by atoms with E-state index in [1.165, 1.54) is 0 Å². The Balaban J connectivity index is 2.36. The lowest BCUT2D eigenvalue weighted by Gasteiger charge is -2.34. The summed E-state index contributed by atoms with van der Waals surface area (Å²) in [6, 6.07) is 7.47. The Morgan fingerprint density at radius 1 is 1.47 bits per heavy atom. The van der Waals surface area contributed by atoms with E-state index in [4.69, 9.17) is 10.5 Å². The number of amides is 1. The molecular formula is C11H14N2O2. The number of benzene rings is 1. The minimum absolute atomic E-state index is 0.382. The first kappa shape index (κ1) is 9.83. The standard InChI is InChI=1S/C11H14N2O2/c1-11(6-7-13-10(14)15-11)8-4-2-3-5-9(8)12/h2-5H,6-7,12H2,1H3,(H,13,14). The highest BCUT2D eigenvalue weighted by atomic mass is 16.6. The van der Waals surface area contributed by atoms with Gasteiger partial charge in [0.25, 0.3) is 0 Å². The van der Waals surface area contributed by atoms with Gasteiger partial charge in [-0.05, 0) is 13.0 Å². The maximum atomic E-state index is 11.2. The zero-order chi connectivity index (χ0) is 10.9. The van der Waals surface area contributed by atoms with Crippen molar-refractivity contribution < 1.29 is 9.53 Å². The van der Waals surface area contributed by atoms with Gasteiger partial charge in [0.05, 0.1) is 0 Å². The largest absolute Gasteiger partial charge is 0.438 e. The molecule has 1 saturated heterocycles. The highest BCUT2D eigenvalue weighted by Gasteiger charge is 2.35. The Labute approximate surface area is 88.4 Å². The molecule has 3 N–H and O–H groups in total.